The maximum Gasteiger partial charge on any atom is 0.319 e. The first-order valence-electron chi connectivity index (χ1n) is 27.5. The number of carbonyl (C=O) groups excluding carboxylic acids is 2. The molecule has 9 heterocycles. The zero-order valence-corrected chi connectivity index (χ0v) is 46.1. The van der Waals surface area contributed by atoms with E-state index in [1.165, 1.54) is 11.0 Å². The van der Waals surface area contributed by atoms with Crippen LogP contribution in [0.2, 0.25) is 5.02 Å². The summed E-state index contributed by atoms with van der Waals surface area (Å²) in [6, 6.07) is 12.7. The Kier molecular flexibility index (Phi) is 14.5. The number of carbonyl (C=O) groups is 2. The molecule has 6 aromatic rings. The Balaban J connectivity index is 0.656. The van der Waals surface area contributed by atoms with E-state index in [-0.39, 0.29) is 83.8 Å². The summed E-state index contributed by atoms with van der Waals surface area (Å²) in [6.07, 6.45) is 6.71. The Morgan fingerprint density at radius 1 is 0.974 bits per heavy atom. The maximum atomic E-state index is 17.0. The Labute approximate surface area is 461 Å². The van der Waals surface area contributed by atoms with E-state index in [9.17, 15) is 19.8 Å². The number of rotatable bonds is 17. The lowest BCUT2D eigenvalue weighted by atomic mass is 9.91. The maximum absolute atomic E-state index is 17.0. The molecule has 21 heteroatoms. The largest absolute Gasteiger partial charge is 0.508 e. The molecule has 5 saturated heterocycles. The number of likely N-dealkylation sites (tertiary alicyclic amines) is 3. The molecule has 6 aliphatic rings. The molecule has 78 heavy (non-hydrogen) atoms. The number of hydrogen-bond donors (Lipinski definition) is 4. The first kappa shape index (κ1) is 52.7. The third-order valence-corrected chi connectivity index (χ3v) is 18.3. The van der Waals surface area contributed by atoms with Gasteiger partial charge in [-0.2, -0.15) is 9.97 Å². The highest BCUT2D eigenvalue weighted by molar-refractivity contribution is 7.13. The van der Waals surface area contributed by atoms with Crippen molar-refractivity contribution in [3.8, 4) is 39.3 Å². The van der Waals surface area contributed by atoms with Crippen LogP contribution >= 0.6 is 22.9 Å². The molecule has 12 rings (SSSR count). The van der Waals surface area contributed by atoms with E-state index in [1.807, 2.05) is 57.5 Å². The first-order chi connectivity index (χ1) is 37.6. The smallest absolute Gasteiger partial charge is 0.319 e. The number of hydrogen-bond acceptors (Lipinski definition) is 17. The van der Waals surface area contributed by atoms with Crippen molar-refractivity contribution in [1.29, 1.82) is 0 Å². The van der Waals surface area contributed by atoms with Crippen LogP contribution in [0.5, 0.6) is 17.6 Å². The van der Waals surface area contributed by atoms with E-state index < -0.39 is 23.9 Å². The van der Waals surface area contributed by atoms with Gasteiger partial charge >= 0.3 is 6.01 Å². The number of aromatic nitrogens is 5. The van der Waals surface area contributed by atoms with Gasteiger partial charge in [0.1, 0.15) is 47.4 Å². The highest BCUT2D eigenvalue weighted by Gasteiger charge is 2.45. The van der Waals surface area contributed by atoms with Crippen LogP contribution in [-0.2, 0) is 9.59 Å². The molecule has 1 aliphatic carbocycles. The van der Waals surface area contributed by atoms with Crippen LogP contribution in [0.1, 0.15) is 106 Å². The number of phenols is 1. The highest BCUT2D eigenvalue weighted by atomic mass is 35.5. The first-order valence-corrected chi connectivity index (χ1v) is 28.8. The number of pyridine rings is 1. The number of likely N-dealkylation sites (N-methyl/N-ethyl adjacent to an activating group) is 1. The molecule has 0 radical (unpaired) electrons. The number of thiazole rings is 1. The monoisotopic (exact) mass is 1100 g/mol. The van der Waals surface area contributed by atoms with Gasteiger partial charge in [0.15, 0.2) is 11.6 Å². The minimum atomic E-state index is -0.849. The Bertz CT molecular complexity index is 3200. The second-order valence-corrected chi connectivity index (χ2v) is 24.1. The number of amides is 2. The number of aliphatic hydroxyl groups excluding tert-OH is 1. The summed E-state index contributed by atoms with van der Waals surface area (Å²) in [5, 5.41) is 33.2. The number of ether oxygens (including phenoxy) is 2. The average molecular weight is 1100 g/mol. The van der Waals surface area contributed by atoms with Crippen molar-refractivity contribution < 1.29 is 38.2 Å². The van der Waals surface area contributed by atoms with Gasteiger partial charge in [0, 0.05) is 92.7 Å². The number of piperazine rings is 1. The molecule has 8 atom stereocenters. The molecule has 2 unspecified atom stereocenters. The van der Waals surface area contributed by atoms with Crippen molar-refractivity contribution in [2.75, 3.05) is 57.8 Å². The van der Waals surface area contributed by atoms with E-state index in [2.05, 4.69) is 47.5 Å². The Morgan fingerprint density at radius 2 is 1.73 bits per heavy atom. The predicted octanol–water partition coefficient (Wildman–Crippen LogP) is 7.61. The van der Waals surface area contributed by atoms with E-state index >= 15 is 4.39 Å². The summed E-state index contributed by atoms with van der Waals surface area (Å²) >= 11 is 8.24. The van der Waals surface area contributed by atoms with Gasteiger partial charge in [0.05, 0.1) is 33.6 Å². The van der Waals surface area contributed by atoms with E-state index in [0.29, 0.717) is 65.2 Å². The standard InChI is InChI=1S/C57H67ClFN11O7S/c1-29(2)48(56(74)70-24-40(72)18-45(70)55(73)62-30(3)32-6-10-34(11-7-32)53-31(4)61-28-78-53)46-19-47(66-77-46)76-41-25-68(26-41)23-37-14-15-38(67(37)5)27-75-57-64-52-43(54(65-57)69-21-35-12-13-36(22-69)63-35)20-60-51(50(52)59)42-16-39(71)17-44(58)49(42)33-8-9-33/h6-7,10-11,16-17,19-20,28-30,33,35-38,40-41,45,48,63,71-72H,8-9,12-15,18,21-27H2,1-5H3,(H,62,73)/t30-,35?,36?,37-,38-,40+,45-,48+/m0/s1. The van der Waals surface area contributed by atoms with E-state index in [4.69, 9.17) is 35.6 Å². The summed E-state index contributed by atoms with van der Waals surface area (Å²) in [5.74, 6) is -0.796. The van der Waals surface area contributed by atoms with E-state index in [1.54, 1.807) is 29.7 Å². The third-order valence-electron chi connectivity index (χ3n) is 17.0. The zero-order valence-electron chi connectivity index (χ0n) is 44.6. The molecule has 2 bridgehead atoms. The molecular weight excluding hydrogens is 1040 g/mol. The van der Waals surface area contributed by atoms with Crippen LogP contribution in [0.3, 0.4) is 0 Å². The van der Waals surface area contributed by atoms with Crippen molar-refractivity contribution in [2.24, 2.45) is 5.92 Å². The van der Waals surface area contributed by atoms with Crippen LogP contribution in [-0.4, -0.2) is 157 Å². The average Bonchev–Trinajstić information content (AvgIpc) is 3.80. The van der Waals surface area contributed by atoms with Gasteiger partial charge in [0.25, 0.3) is 5.88 Å². The molecule has 1 saturated carbocycles. The number of nitrogens with zero attached hydrogens (tertiary/aromatic N) is 9. The minimum Gasteiger partial charge on any atom is -0.508 e. The highest BCUT2D eigenvalue weighted by Crippen LogP contribution is 2.49. The van der Waals surface area contributed by atoms with Crippen molar-refractivity contribution in [1.82, 2.24) is 50.4 Å². The normalized spacial score (nSPS) is 24.5. The molecule has 18 nitrogen and oxygen atoms in total. The fraction of sp³-hybridized carbons (Fsp3) is 0.526. The molecule has 5 aliphatic heterocycles. The quantitative estimate of drug-likeness (QED) is 0.0693. The van der Waals surface area contributed by atoms with Crippen LogP contribution in [0.25, 0.3) is 32.6 Å². The van der Waals surface area contributed by atoms with Gasteiger partial charge in [-0.1, -0.05) is 49.7 Å². The molecule has 4 N–H and O–H groups in total. The molecule has 0 spiro atoms. The molecular formula is C57H67ClFN11O7S. The number of nitrogens with one attached hydrogen (secondary N) is 2. The number of fused-ring (bicyclic) bond motifs is 3. The summed E-state index contributed by atoms with van der Waals surface area (Å²) < 4.78 is 35.5. The molecule has 4 aromatic heterocycles. The molecule has 2 amide bonds. The van der Waals surface area contributed by atoms with Gasteiger partial charge in [-0.05, 0) is 105 Å². The number of aryl methyl sites for hydroxylation is 1. The van der Waals surface area contributed by atoms with Crippen LogP contribution in [0.15, 0.2) is 58.7 Å². The fourth-order valence-corrected chi connectivity index (χ4v) is 13.7. The lowest BCUT2D eigenvalue weighted by Crippen LogP contribution is -2.57. The van der Waals surface area contributed by atoms with Gasteiger partial charge in [0.2, 0.25) is 11.8 Å². The summed E-state index contributed by atoms with van der Waals surface area (Å²) in [7, 11) is 2.12. The number of anilines is 1. The third kappa shape index (κ3) is 10.5. The number of aromatic hydroxyl groups is 1. The number of halogens is 2. The number of aliphatic hydroxyl groups is 1. The number of benzene rings is 2. The van der Waals surface area contributed by atoms with Gasteiger partial charge in [-0.25, -0.2) is 9.37 Å². The van der Waals surface area contributed by atoms with Crippen molar-refractivity contribution in [3.05, 3.63) is 87.6 Å². The van der Waals surface area contributed by atoms with Crippen molar-refractivity contribution in [3.63, 3.8) is 0 Å². The molecule has 6 fully saturated rings. The van der Waals surface area contributed by atoms with Gasteiger partial charge in [-0.15, -0.1) is 11.3 Å². The predicted molar refractivity (Wildman–Crippen MR) is 294 cm³/mol. The topological polar surface area (TPSA) is 208 Å². The molecule has 2 aromatic carbocycles. The van der Waals surface area contributed by atoms with Crippen LogP contribution in [0, 0.1) is 18.7 Å². The molecule has 412 valence electrons. The zero-order chi connectivity index (χ0) is 54.1. The lowest BCUT2D eigenvalue weighted by molar-refractivity contribution is -0.141. The van der Waals surface area contributed by atoms with Gasteiger partial charge < -0.3 is 44.6 Å². The lowest BCUT2D eigenvalue weighted by Gasteiger charge is -2.41. The van der Waals surface area contributed by atoms with Crippen molar-refractivity contribution >= 4 is 51.5 Å². The van der Waals surface area contributed by atoms with Crippen molar-refractivity contribution in [2.45, 2.75) is 133 Å². The number of phenolic OH excluding ortho intramolecular Hbond substituents is 1. The summed E-state index contributed by atoms with van der Waals surface area (Å²) in [4.78, 5) is 56.3. The van der Waals surface area contributed by atoms with Gasteiger partial charge in [-0.3, -0.25) is 24.4 Å². The van der Waals surface area contributed by atoms with E-state index in [0.717, 1.165) is 85.4 Å². The summed E-state index contributed by atoms with van der Waals surface area (Å²) in [6.45, 7) is 11.8. The fourth-order valence-electron chi connectivity index (χ4n) is 12.6. The second-order valence-electron chi connectivity index (χ2n) is 22.8. The SMILES string of the molecule is Cc1ncsc1-c1ccc([C@H](C)NC(=O)[C@@H]2C[C@@H](O)CN2C(=O)[C@@H](c2cc(OC3CN(C[C@@H]4CC[C@@H](COc5nc(N6CC7CCC(C6)N7)c6cnc(-c7cc(O)cc(Cl)c7C7CC7)c(F)c6n5)N4C)C3)no2)C(C)C)cc1. The summed E-state index contributed by atoms with van der Waals surface area (Å²) in [5.41, 5.74) is 6.28. The minimum absolute atomic E-state index is 0.0368. The number of β-amino-alcohol motifs (C(OH)–C–C–N with tert-alkyl or cyclic N) is 1. The van der Waals surface area contributed by atoms with Crippen LogP contribution < -0.4 is 25.0 Å². The van der Waals surface area contributed by atoms with Crippen LogP contribution in [0.4, 0.5) is 10.2 Å². The Morgan fingerprint density at radius 3 is 2.45 bits per heavy atom. The second kappa shape index (κ2) is 21.6. The Hall–Kier alpha value is -6.03.